The zero-order chi connectivity index (χ0) is 17.3. The molecule has 3 rings (SSSR count). The fourth-order valence-electron chi connectivity index (χ4n) is 2.37. The second-order valence-corrected chi connectivity index (χ2v) is 6.93. The van der Waals surface area contributed by atoms with Crippen molar-refractivity contribution in [3.63, 3.8) is 0 Å². The Morgan fingerprint density at radius 2 is 2.25 bits per heavy atom. The summed E-state index contributed by atoms with van der Waals surface area (Å²) in [6.45, 7) is 5.74. The maximum atomic E-state index is 12.1. The summed E-state index contributed by atoms with van der Waals surface area (Å²) in [5.74, 6) is 1.22. The molecule has 0 aliphatic heterocycles. The quantitative estimate of drug-likeness (QED) is 0.710. The molecule has 0 saturated carbocycles. The van der Waals surface area contributed by atoms with E-state index in [1.165, 1.54) is 21.9 Å². The molecule has 0 aromatic carbocycles. The normalized spacial score (nSPS) is 14.0. The van der Waals surface area contributed by atoms with Gasteiger partial charge in [0, 0.05) is 11.8 Å². The molecule has 1 atom stereocenters. The number of anilines is 1. The topological polar surface area (TPSA) is 92.7 Å². The van der Waals surface area contributed by atoms with E-state index in [2.05, 4.69) is 15.4 Å². The van der Waals surface area contributed by atoms with Crippen molar-refractivity contribution in [3.8, 4) is 0 Å². The van der Waals surface area contributed by atoms with Crippen molar-refractivity contribution in [1.82, 2.24) is 14.6 Å². The highest BCUT2D eigenvalue weighted by Gasteiger charge is 2.27. The number of aryl methyl sites for hydroxylation is 2. The van der Waals surface area contributed by atoms with Crippen molar-refractivity contribution in [2.75, 3.05) is 11.9 Å². The van der Waals surface area contributed by atoms with Gasteiger partial charge in [-0.1, -0.05) is 24.7 Å². The van der Waals surface area contributed by atoms with Gasteiger partial charge in [-0.3, -0.25) is 4.79 Å². The first-order valence-corrected chi connectivity index (χ1v) is 8.63. The van der Waals surface area contributed by atoms with Crippen LogP contribution in [-0.4, -0.2) is 26.2 Å². The molecule has 3 aromatic heterocycles. The molecular weight excluding hydrogens is 328 g/mol. The molecule has 128 valence electrons. The van der Waals surface area contributed by atoms with Gasteiger partial charge in [-0.15, -0.1) is 5.10 Å². The van der Waals surface area contributed by atoms with Crippen LogP contribution in [0.1, 0.15) is 37.5 Å². The molecule has 3 heterocycles. The van der Waals surface area contributed by atoms with E-state index >= 15 is 0 Å². The fraction of sp³-hybridized carbons (Fsp3) is 0.438. The maximum Gasteiger partial charge on any atom is 0.275 e. The Labute approximate surface area is 143 Å². The average Bonchev–Trinajstić information content (AvgIpc) is 3.12. The minimum atomic E-state index is -1.18. The van der Waals surface area contributed by atoms with Gasteiger partial charge >= 0.3 is 0 Å². The van der Waals surface area contributed by atoms with Gasteiger partial charge in [0.05, 0.1) is 6.54 Å². The summed E-state index contributed by atoms with van der Waals surface area (Å²) in [5.41, 5.74) is -0.602. The molecule has 0 saturated heterocycles. The van der Waals surface area contributed by atoms with E-state index in [0.717, 1.165) is 24.3 Å². The molecule has 3 aromatic rings. The summed E-state index contributed by atoms with van der Waals surface area (Å²) in [6.07, 6.45) is 1.69. The Balaban J connectivity index is 1.80. The van der Waals surface area contributed by atoms with Crippen LogP contribution in [-0.2, 0) is 12.0 Å². The fourth-order valence-corrected chi connectivity index (χ4v) is 3.19. The van der Waals surface area contributed by atoms with Crippen LogP contribution in [0.2, 0.25) is 0 Å². The number of hydrogen-bond donors (Lipinski definition) is 2. The number of hydrogen-bond acceptors (Lipinski definition) is 7. The van der Waals surface area contributed by atoms with Crippen LogP contribution >= 0.6 is 11.3 Å². The van der Waals surface area contributed by atoms with Crippen molar-refractivity contribution in [3.05, 3.63) is 45.8 Å². The monoisotopic (exact) mass is 348 g/mol. The lowest BCUT2D eigenvalue weighted by molar-refractivity contribution is 0.0468. The van der Waals surface area contributed by atoms with Crippen LogP contribution in [0, 0.1) is 6.92 Å². The van der Waals surface area contributed by atoms with Crippen molar-refractivity contribution in [2.24, 2.45) is 0 Å². The second-order valence-electron chi connectivity index (χ2n) is 5.98. The van der Waals surface area contributed by atoms with Crippen LogP contribution in [0.5, 0.6) is 0 Å². The number of nitrogens with one attached hydrogen (secondary N) is 1. The SMILES string of the molecule is CCCc1cc(=O)n2nc(NCC(C)(O)c3ccc(C)o3)sc2n1. The lowest BCUT2D eigenvalue weighted by Gasteiger charge is -2.20. The molecule has 0 amide bonds. The Bertz CT molecular complexity index is 910. The highest BCUT2D eigenvalue weighted by molar-refractivity contribution is 7.20. The summed E-state index contributed by atoms with van der Waals surface area (Å²) >= 11 is 1.28. The highest BCUT2D eigenvalue weighted by Crippen LogP contribution is 2.24. The summed E-state index contributed by atoms with van der Waals surface area (Å²) in [4.78, 5) is 17.1. The summed E-state index contributed by atoms with van der Waals surface area (Å²) in [7, 11) is 0. The van der Waals surface area contributed by atoms with E-state index in [1.54, 1.807) is 19.1 Å². The van der Waals surface area contributed by atoms with E-state index in [0.29, 0.717) is 15.9 Å². The Hall–Kier alpha value is -2.19. The lowest BCUT2D eigenvalue weighted by atomic mass is 10.0. The molecule has 1 unspecified atom stereocenters. The van der Waals surface area contributed by atoms with Gasteiger partial charge < -0.3 is 14.8 Å². The lowest BCUT2D eigenvalue weighted by Crippen LogP contribution is -2.30. The van der Waals surface area contributed by atoms with Crippen LogP contribution < -0.4 is 10.9 Å². The predicted octanol–water partition coefficient (Wildman–Crippen LogP) is 2.32. The molecule has 8 heteroatoms. The smallest absolute Gasteiger partial charge is 0.275 e. The molecule has 0 bridgehead atoms. The third kappa shape index (κ3) is 3.34. The third-order valence-electron chi connectivity index (χ3n) is 3.66. The van der Waals surface area contributed by atoms with E-state index in [1.807, 2.05) is 13.8 Å². The minimum absolute atomic E-state index is 0.193. The first-order chi connectivity index (χ1) is 11.4. The molecule has 0 fully saturated rings. The largest absolute Gasteiger partial charge is 0.463 e. The number of aromatic nitrogens is 3. The van der Waals surface area contributed by atoms with Gasteiger partial charge in [-0.05, 0) is 32.4 Å². The molecule has 0 radical (unpaired) electrons. The van der Waals surface area contributed by atoms with Gasteiger partial charge in [0.1, 0.15) is 17.1 Å². The average molecular weight is 348 g/mol. The first kappa shape index (κ1) is 16.7. The van der Waals surface area contributed by atoms with Crippen LogP contribution in [0.4, 0.5) is 5.13 Å². The molecule has 0 aliphatic rings. The summed E-state index contributed by atoms with van der Waals surface area (Å²) < 4.78 is 6.76. The Kier molecular flexibility index (Phi) is 4.42. The van der Waals surface area contributed by atoms with Gasteiger partial charge in [0.15, 0.2) is 0 Å². The minimum Gasteiger partial charge on any atom is -0.463 e. The number of nitrogens with zero attached hydrogens (tertiary/aromatic N) is 3. The van der Waals surface area contributed by atoms with Crippen molar-refractivity contribution in [1.29, 1.82) is 0 Å². The standard InChI is InChI=1S/C16H20N4O3S/c1-4-5-11-8-13(21)20-15(18-11)24-14(19-20)17-9-16(3,22)12-7-6-10(2)23-12/h6-8,22H,4-5,9H2,1-3H3,(H,17,19). The summed E-state index contributed by atoms with van der Waals surface area (Å²) in [5, 5.41) is 18.3. The third-order valence-corrected chi connectivity index (χ3v) is 4.53. The number of aliphatic hydroxyl groups is 1. The van der Waals surface area contributed by atoms with Gasteiger partial charge in [0.2, 0.25) is 10.1 Å². The van der Waals surface area contributed by atoms with Crippen LogP contribution in [0.15, 0.2) is 27.4 Å². The maximum absolute atomic E-state index is 12.1. The molecule has 0 spiro atoms. The molecule has 0 aliphatic carbocycles. The van der Waals surface area contributed by atoms with Crippen LogP contribution in [0.3, 0.4) is 0 Å². The zero-order valence-corrected chi connectivity index (χ0v) is 14.7. The van der Waals surface area contributed by atoms with Gasteiger partial charge in [0.25, 0.3) is 5.56 Å². The molecule has 2 N–H and O–H groups in total. The van der Waals surface area contributed by atoms with Crippen molar-refractivity contribution < 1.29 is 9.52 Å². The van der Waals surface area contributed by atoms with E-state index in [9.17, 15) is 9.90 Å². The van der Waals surface area contributed by atoms with Gasteiger partial charge in [-0.2, -0.15) is 4.52 Å². The second kappa shape index (κ2) is 6.37. The number of rotatable bonds is 6. The van der Waals surface area contributed by atoms with E-state index in [-0.39, 0.29) is 12.1 Å². The molecule has 24 heavy (non-hydrogen) atoms. The van der Waals surface area contributed by atoms with E-state index in [4.69, 9.17) is 4.42 Å². The predicted molar refractivity (Wildman–Crippen MR) is 92.6 cm³/mol. The number of fused-ring (bicyclic) bond motifs is 1. The van der Waals surface area contributed by atoms with Crippen molar-refractivity contribution in [2.45, 2.75) is 39.2 Å². The number of furan rings is 1. The Morgan fingerprint density at radius 1 is 1.46 bits per heavy atom. The van der Waals surface area contributed by atoms with E-state index < -0.39 is 5.60 Å². The summed E-state index contributed by atoms with van der Waals surface area (Å²) in [6, 6.07) is 5.07. The van der Waals surface area contributed by atoms with Gasteiger partial charge in [-0.25, -0.2) is 4.98 Å². The van der Waals surface area contributed by atoms with Crippen LogP contribution in [0.25, 0.3) is 4.96 Å². The molecular formula is C16H20N4O3S. The first-order valence-electron chi connectivity index (χ1n) is 7.82. The van der Waals surface area contributed by atoms with Crippen molar-refractivity contribution >= 4 is 21.4 Å². The zero-order valence-electron chi connectivity index (χ0n) is 13.9. The molecule has 7 nitrogen and oxygen atoms in total. The Morgan fingerprint density at radius 3 is 2.92 bits per heavy atom. The highest BCUT2D eigenvalue weighted by atomic mass is 32.1.